The number of hydrogen-bond donors (Lipinski definition) is 1. The largest absolute Gasteiger partial charge is 0.361 e. The molecule has 1 aromatic heterocycles. The first-order chi connectivity index (χ1) is 8.25. The average molecular weight is 228 g/mol. The van der Waals surface area contributed by atoms with Gasteiger partial charge in [-0.3, -0.25) is 9.69 Å². The number of nitrogens with zero attached hydrogens (tertiary/aromatic N) is 1. The highest BCUT2D eigenvalue weighted by Crippen LogP contribution is 2.22. The van der Waals surface area contributed by atoms with E-state index in [-0.39, 0.29) is 6.04 Å². The maximum atomic E-state index is 11.8. The van der Waals surface area contributed by atoms with Gasteiger partial charge in [0.25, 0.3) is 0 Å². The summed E-state index contributed by atoms with van der Waals surface area (Å²) in [7, 11) is 2.03. The number of nitrogens with one attached hydrogen (secondary N) is 1. The van der Waals surface area contributed by atoms with Gasteiger partial charge in [0.05, 0.1) is 6.04 Å². The van der Waals surface area contributed by atoms with Crippen molar-refractivity contribution < 1.29 is 4.79 Å². The number of H-pyrrole nitrogens is 1. The minimum absolute atomic E-state index is 0.0641. The lowest BCUT2D eigenvalue weighted by Crippen LogP contribution is -2.31. The summed E-state index contributed by atoms with van der Waals surface area (Å²) in [5.74, 6) is 0.373. The zero-order valence-electron chi connectivity index (χ0n) is 9.94. The van der Waals surface area contributed by atoms with Crippen molar-refractivity contribution >= 4 is 16.7 Å². The fourth-order valence-electron chi connectivity index (χ4n) is 2.63. The van der Waals surface area contributed by atoms with Gasteiger partial charge in [-0.15, -0.1) is 0 Å². The summed E-state index contributed by atoms with van der Waals surface area (Å²) in [4.78, 5) is 17.2. The summed E-state index contributed by atoms with van der Waals surface area (Å²) < 4.78 is 0. The summed E-state index contributed by atoms with van der Waals surface area (Å²) in [5, 5.41) is 1.24. The summed E-state index contributed by atoms with van der Waals surface area (Å²) in [5.41, 5.74) is 2.39. The van der Waals surface area contributed by atoms with Crippen molar-refractivity contribution in [2.45, 2.75) is 18.9 Å². The molecule has 3 nitrogen and oxygen atoms in total. The molecule has 1 N–H and O–H groups in total. The van der Waals surface area contributed by atoms with Crippen LogP contribution in [0.15, 0.2) is 30.5 Å². The number of hydrogen-bond acceptors (Lipinski definition) is 2. The number of carbonyl (C=O) groups excluding carboxylic acids is 1. The van der Waals surface area contributed by atoms with Crippen LogP contribution in [-0.2, 0) is 11.2 Å². The number of para-hydroxylation sites is 1. The summed E-state index contributed by atoms with van der Waals surface area (Å²) in [6, 6.07) is 8.31. The zero-order chi connectivity index (χ0) is 11.8. The lowest BCUT2D eigenvalue weighted by atomic mass is 10.0. The second-order valence-electron chi connectivity index (χ2n) is 4.78. The maximum absolute atomic E-state index is 11.8. The molecule has 17 heavy (non-hydrogen) atoms. The first-order valence-electron chi connectivity index (χ1n) is 6.03. The zero-order valence-corrected chi connectivity index (χ0v) is 9.94. The van der Waals surface area contributed by atoms with Gasteiger partial charge in [0.1, 0.15) is 0 Å². The van der Waals surface area contributed by atoms with Gasteiger partial charge in [-0.1, -0.05) is 18.2 Å². The number of likely N-dealkylation sites (tertiary alicyclic amines) is 1. The molecule has 0 radical (unpaired) electrons. The Morgan fingerprint density at radius 1 is 1.41 bits per heavy atom. The molecule has 1 atom stereocenters. The highest BCUT2D eigenvalue weighted by atomic mass is 16.1. The molecule has 1 aliphatic heterocycles. The van der Waals surface area contributed by atoms with Crippen LogP contribution in [0, 0.1) is 0 Å². The smallest absolute Gasteiger partial charge is 0.151 e. The molecule has 2 heterocycles. The van der Waals surface area contributed by atoms with Gasteiger partial charge in [-0.05, 0) is 25.1 Å². The van der Waals surface area contributed by atoms with E-state index in [1.165, 1.54) is 10.9 Å². The third-order valence-electron chi connectivity index (χ3n) is 3.70. The van der Waals surface area contributed by atoms with Crippen LogP contribution in [0.4, 0.5) is 0 Å². The summed E-state index contributed by atoms with van der Waals surface area (Å²) >= 11 is 0. The van der Waals surface area contributed by atoms with Crippen LogP contribution in [-0.4, -0.2) is 35.3 Å². The van der Waals surface area contributed by atoms with Gasteiger partial charge < -0.3 is 4.98 Å². The van der Waals surface area contributed by atoms with E-state index in [2.05, 4.69) is 22.0 Å². The van der Waals surface area contributed by atoms with E-state index in [1.807, 2.05) is 25.4 Å². The quantitative estimate of drug-likeness (QED) is 0.853. The molecular formula is C14H16N2O. The van der Waals surface area contributed by atoms with Gasteiger partial charge in [0.2, 0.25) is 0 Å². The molecule has 1 saturated heterocycles. The normalized spacial score (nSPS) is 21.5. The van der Waals surface area contributed by atoms with E-state index in [0.717, 1.165) is 18.5 Å². The van der Waals surface area contributed by atoms with E-state index in [1.54, 1.807) is 0 Å². The van der Waals surface area contributed by atoms with Crippen LogP contribution in [0.2, 0.25) is 0 Å². The molecule has 88 valence electrons. The Morgan fingerprint density at radius 3 is 3.00 bits per heavy atom. The predicted molar refractivity (Wildman–Crippen MR) is 68.0 cm³/mol. The number of likely N-dealkylation sites (N-methyl/N-ethyl adjacent to an activating group) is 1. The minimum atomic E-state index is 0.0641. The van der Waals surface area contributed by atoms with Crippen molar-refractivity contribution in [1.29, 1.82) is 0 Å². The Kier molecular flexibility index (Phi) is 2.48. The number of carbonyl (C=O) groups is 1. The van der Waals surface area contributed by atoms with Gasteiger partial charge in [-0.2, -0.15) is 0 Å². The van der Waals surface area contributed by atoms with Gasteiger partial charge in [0.15, 0.2) is 5.78 Å². The first kappa shape index (κ1) is 10.5. The van der Waals surface area contributed by atoms with E-state index in [9.17, 15) is 4.79 Å². The van der Waals surface area contributed by atoms with E-state index in [4.69, 9.17) is 0 Å². The molecule has 3 rings (SSSR count). The van der Waals surface area contributed by atoms with E-state index < -0.39 is 0 Å². The van der Waals surface area contributed by atoms with Crippen molar-refractivity contribution in [3.63, 3.8) is 0 Å². The van der Waals surface area contributed by atoms with Crippen molar-refractivity contribution in [2.24, 2.45) is 0 Å². The Labute approximate surface area is 100 Å². The van der Waals surface area contributed by atoms with Gasteiger partial charge in [0, 0.05) is 30.1 Å². The molecule has 1 fully saturated rings. The SMILES string of the molecule is CN1CCC(=O)C1Cc1c[nH]c2ccccc12. The second-order valence-corrected chi connectivity index (χ2v) is 4.78. The van der Waals surface area contributed by atoms with Crippen molar-refractivity contribution in [3.8, 4) is 0 Å². The van der Waals surface area contributed by atoms with Crippen LogP contribution in [0.1, 0.15) is 12.0 Å². The molecule has 1 aromatic carbocycles. The molecule has 0 bridgehead atoms. The Bertz CT molecular complexity index is 558. The summed E-state index contributed by atoms with van der Waals surface area (Å²) in [6.45, 7) is 0.895. The topological polar surface area (TPSA) is 36.1 Å². The van der Waals surface area contributed by atoms with Crippen LogP contribution < -0.4 is 0 Å². The molecule has 0 amide bonds. The first-order valence-corrected chi connectivity index (χ1v) is 6.03. The number of benzene rings is 1. The van der Waals surface area contributed by atoms with Crippen molar-refractivity contribution in [2.75, 3.05) is 13.6 Å². The van der Waals surface area contributed by atoms with Crippen molar-refractivity contribution in [1.82, 2.24) is 9.88 Å². The number of fused-ring (bicyclic) bond motifs is 1. The third-order valence-corrected chi connectivity index (χ3v) is 3.70. The highest BCUT2D eigenvalue weighted by Gasteiger charge is 2.29. The highest BCUT2D eigenvalue weighted by molar-refractivity contribution is 5.88. The van der Waals surface area contributed by atoms with Crippen LogP contribution in [0.25, 0.3) is 10.9 Å². The molecule has 0 spiro atoms. The fraction of sp³-hybridized carbons (Fsp3) is 0.357. The molecule has 0 aliphatic carbocycles. The molecule has 3 heteroatoms. The minimum Gasteiger partial charge on any atom is -0.361 e. The fourth-order valence-corrected chi connectivity index (χ4v) is 2.63. The predicted octanol–water partition coefficient (Wildman–Crippen LogP) is 1.98. The number of aromatic nitrogens is 1. The number of ketones is 1. The van der Waals surface area contributed by atoms with Gasteiger partial charge in [-0.25, -0.2) is 0 Å². The monoisotopic (exact) mass is 228 g/mol. The molecule has 2 aromatic rings. The Hall–Kier alpha value is -1.61. The maximum Gasteiger partial charge on any atom is 0.151 e. The lowest BCUT2D eigenvalue weighted by Gasteiger charge is -2.17. The lowest BCUT2D eigenvalue weighted by molar-refractivity contribution is -0.119. The third kappa shape index (κ3) is 1.76. The van der Waals surface area contributed by atoms with E-state index in [0.29, 0.717) is 12.2 Å². The Morgan fingerprint density at radius 2 is 2.24 bits per heavy atom. The molecule has 0 saturated carbocycles. The second kappa shape index (κ2) is 4.00. The van der Waals surface area contributed by atoms with Crippen molar-refractivity contribution in [3.05, 3.63) is 36.0 Å². The molecular weight excluding hydrogens is 212 g/mol. The molecule has 1 unspecified atom stereocenters. The van der Waals surface area contributed by atoms with Gasteiger partial charge >= 0.3 is 0 Å². The van der Waals surface area contributed by atoms with Crippen LogP contribution in [0.5, 0.6) is 0 Å². The summed E-state index contributed by atoms with van der Waals surface area (Å²) in [6.07, 6.45) is 3.55. The van der Waals surface area contributed by atoms with E-state index >= 15 is 0 Å². The average Bonchev–Trinajstić information content (AvgIpc) is 2.88. The molecule has 1 aliphatic rings. The number of Topliss-reactive ketones (excluding diaryl/α,β-unsaturated/α-hetero) is 1. The van der Waals surface area contributed by atoms with Crippen LogP contribution in [0.3, 0.4) is 0 Å². The van der Waals surface area contributed by atoms with Crippen LogP contribution >= 0.6 is 0 Å². The standard InChI is InChI=1S/C14H16N2O/c1-16-7-6-14(17)13(16)8-10-9-15-12-5-3-2-4-11(10)12/h2-5,9,13,15H,6-8H2,1H3. The number of rotatable bonds is 2. The number of aromatic amines is 1. The Balaban J connectivity index is 1.92.